The Balaban J connectivity index is 1.93. The number of carboxylic acids is 1. The van der Waals surface area contributed by atoms with Gasteiger partial charge in [0.15, 0.2) is 0 Å². The molecule has 3 N–H and O–H groups in total. The lowest BCUT2D eigenvalue weighted by atomic mass is 10.2. The van der Waals surface area contributed by atoms with Crippen LogP contribution in [0.3, 0.4) is 0 Å². The molecule has 0 fully saturated rings. The van der Waals surface area contributed by atoms with Crippen LogP contribution < -0.4 is 10.7 Å². The molecule has 0 radical (unpaired) electrons. The Morgan fingerprint density at radius 2 is 1.70 bits per heavy atom. The Hall–Kier alpha value is -3.48. The van der Waals surface area contributed by atoms with Gasteiger partial charge in [0.05, 0.1) is 11.8 Å². The van der Waals surface area contributed by atoms with Gasteiger partial charge in [0.25, 0.3) is 0 Å². The van der Waals surface area contributed by atoms with Gasteiger partial charge in [0, 0.05) is 5.69 Å². The maximum Gasteiger partial charge on any atom is 0.335 e. The maximum absolute atomic E-state index is 11.7. The number of carbonyl (C=O) groups excluding carboxylic acids is 2. The number of hydrazone groups is 1. The lowest BCUT2D eigenvalue weighted by Gasteiger charge is -2.04. The third-order valence-electron chi connectivity index (χ3n) is 2.75. The van der Waals surface area contributed by atoms with Crippen molar-refractivity contribution in [3.8, 4) is 0 Å². The van der Waals surface area contributed by atoms with E-state index in [9.17, 15) is 14.4 Å². The average Bonchev–Trinajstić information content (AvgIpc) is 2.56. The first kappa shape index (κ1) is 15.9. The molecule has 116 valence electrons. The largest absolute Gasteiger partial charge is 0.478 e. The molecule has 0 bridgehead atoms. The number of anilines is 1. The van der Waals surface area contributed by atoms with E-state index in [2.05, 4.69) is 15.8 Å². The number of amides is 2. The summed E-state index contributed by atoms with van der Waals surface area (Å²) in [4.78, 5) is 34.1. The summed E-state index contributed by atoms with van der Waals surface area (Å²) in [5.74, 6) is -3.03. The minimum absolute atomic E-state index is 0.00491. The quantitative estimate of drug-likeness (QED) is 0.451. The number of rotatable bonds is 4. The van der Waals surface area contributed by atoms with E-state index in [1.54, 1.807) is 12.1 Å². The van der Waals surface area contributed by atoms with E-state index in [0.29, 0.717) is 0 Å². The van der Waals surface area contributed by atoms with Gasteiger partial charge in [-0.15, -0.1) is 0 Å². The zero-order valence-electron chi connectivity index (χ0n) is 11.9. The lowest BCUT2D eigenvalue weighted by molar-refractivity contribution is -0.136. The van der Waals surface area contributed by atoms with E-state index >= 15 is 0 Å². The van der Waals surface area contributed by atoms with Crippen molar-refractivity contribution in [3.63, 3.8) is 0 Å². The molecule has 0 saturated carbocycles. The average molecular weight is 311 g/mol. The van der Waals surface area contributed by atoms with Crippen molar-refractivity contribution >= 4 is 29.7 Å². The number of carbonyl (C=O) groups is 3. The van der Waals surface area contributed by atoms with E-state index in [4.69, 9.17) is 5.11 Å². The highest BCUT2D eigenvalue weighted by molar-refractivity contribution is 6.39. The molecule has 0 atom stereocenters. The predicted molar refractivity (Wildman–Crippen MR) is 84.2 cm³/mol. The number of nitrogens with one attached hydrogen (secondary N) is 2. The Morgan fingerprint density at radius 1 is 0.957 bits per heavy atom. The van der Waals surface area contributed by atoms with Crippen molar-refractivity contribution < 1.29 is 19.5 Å². The second kappa shape index (κ2) is 7.51. The Labute approximate surface area is 131 Å². The van der Waals surface area contributed by atoms with Gasteiger partial charge in [0.1, 0.15) is 0 Å². The van der Waals surface area contributed by atoms with E-state index in [-0.39, 0.29) is 11.3 Å². The summed E-state index contributed by atoms with van der Waals surface area (Å²) in [6.07, 6.45) is 1.40. The zero-order chi connectivity index (χ0) is 16.7. The first-order valence-corrected chi connectivity index (χ1v) is 6.59. The fourth-order valence-electron chi connectivity index (χ4n) is 1.67. The van der Waals surface area contributed by atoms with Crippen LogP contribution in [0, 0.1) is 0 Å². The summed E-state index contributed by atoms with van der Waals surface area (Å²) >= 11 is 0. The molecular weight excluding hydrogens is 298 g/mol. The molecule has 7 heteroatoms. The fraction of sp³-hybridized carbons (Fsp3) is 0. The van der Waals surface area contributed by atoms with Gasteiger partial charge in [-0.05, 0) is 23.8 Å². The SMILES string of the molecule is O=C(N/N=C/c1ccccc1)C(=O)Nc1cccc(C(=O)O)c1. The van der Waals surface area contributed by atoms with Gasteiger partial charge in [-0.3, -0.25) is 9.59 Å². The predicted octanol–water partition coefficient (Wildman–Crippen LogP) is 1.47. The smallest absolute Gasteiger partial charge is 0.335 e. The van der Waals surface area contributed by atoms with Gasteiger partial charge in [0.2, 0.25) is 0 Å². The van der Waals surface area contributed by atoms with Crippen LogP contribution in [0.15, 0.2) is 59.7 Å². The number of carboxylic acid groups (broad SMARTS) is 1. The Kier molecular flexibility index (Phi) is 5.19. The molecule has 2 aromatic carbocycles. The highest BCUT2D eigenvalue weighted by atomic mass is 16.4. The number of hydrogen-bond donors (Lipinski definition) is 3. The maximum atomic E-state index is 11.7. The van der Waals surface area contributed by atoms with E-state index in [0.717, 1.165) is 5.56 Å². The molecule has 0 saturated heterocycles. The molecule has 0 aromatic heterocycles. The van der Waals surface area contributed by atoms with E-state index in [1.807, 2.05) is 18.2 Å². The summed E-state index contributed by atoms with van der Waals surface area (Å²) in [5, 5.41) is 14.8. The fourth-order valence-corrected chi connectivity index (χ4v) is 1.67. The molecule has 7 nitrogen and oxygen atoms in total. The monoisotopic (exact) mass is 311 g/mol. The van der Waals surface area contributed by atoms with Gasteiger partial charge in [-0.2, -0.15) is 5.10 Å². The topological polar surface area (TPSA) is 108 Å². The third-order valence-corrected chi connectivity index (χ3v) is 2.75. The minimum Gasteiger partial charge on any atom is -0.478 e. The molecule has 0 spiro atoms. The summed E-state index contributed by atoms with van der Waals surface area (Å²) in [6.45, 7) is 0. The third kappa shape index (κ3) is 4.78. The first-order valence-electron chi connectivity index (χ1n) is 6.59. The van der Waals surface area contributed by atoms with Crippen LogP contribution >= 0.6 is 0 Å². The molecule has 0 unspecified atom stereocenters. The Morgan fingerprint density at radius 3 is 2.39 bits per heavy atom. The van der Waals surface area contributed by atoms with E-state index in [1.165, 1.54) is 30.5 Å². The van der Waals surface area contributed by atoms with Crippen LogP contribution in [0.25, 0.3) is 0 Å². The number of aromatic carboxylic acids is 1. The summed E-state index contributed by atoms with van der Waals surface area (Å²) in [5.41, 5.74) is 3.07. The van der Waals surface area contributed by atoms with Gasteiger partial charge in [-0.25, -0.2) is 10.2 Å². The van der Waals surface area contributed by atoms with Crippen LogP contribution in [0.2, 0.25) is 0 Å². The second-order valence-corrected chi connectivity index (χ2v) is 4.45. The van der Waals surface area contributed by atoms with E-state index < -0.39 is 17.8 Å². The van der Waals surface area contributed by atoms with Crippen LogP contribution in [-0.2, 0) is 9.59 Å². The minimum atomic E-state index is -1.13. The van der Waals surface area contributed by atoms with Crippen LogP contribution in [0.1, 0.15) is 15.9 Å². The van der Waals surface area contributed by atoms with Crippen molar-refractivity contribution in [2.45, 2.75) is 0 Å². The number of nitrogens with zero attached hydrogens (tertiary/aromatic N) is 1. The van der Waals surface area contributed by atoms with Crippen LogP contribution in [-0.4, -0.2) is 29.1 Å². The molecule has 0 aliphatic carbocycles. The highest BCUT2D eigenvalue weighted by Crippen LogP contribution is 2.10. The molecule has 0 aliphatic rings. The van der Waals surface area contributed by atoms with Crippen molar-refractivity contribution in [2.75, 3.05) is 5.32 Å². The number of hydrogen-bond acceptors (Lipinski definition) is 4. The van der Waals surface area contributed by atoms with Crippen LogP contribution in [0.5, 0.6) is 0 Å². The Bertz CT molecular complexity index is 757. The van der Waals surface area contributed by atoms with Crippen LogP contribution in [0.4, 0.5) is 5.69 Å². The first-order chi connectivity index (χ1) is 11.1. The molecular formula is C16H13N3O4. The summed E-state index contributed by atoms with van der Waals surface area (Å²) in [7, 11) is 0. The summed E-state index contributed by atoms with van der Waals surface area (Å²) < 4.78 is 0. The molecule has 23 heavy (non-hydrogen) atoms. The molecule has 0 aliphatic heterocycles. The summed E-state index contributed by atoms with van der Waals surface area (Å²) in [6, 6.07) is 14.6. The van der Waals surface area contributed by atoms with Gasteiger partial charge >= 0.3 is 17.8 Å². The van der Waals surface area contributed by atoms with Crippen molar-refractivity contribution in [1.29, 1.82) is 0 Å². The zero-order valence-corrected chi connectivity index (χ0v) is 11.9. The van der Waals surface area contributed by atoms with Gasteiger partial charge < -0.3 is 10.4 Å². The second-order valence-electron chi connectivity index (χ2n) is 4.45. The molecule has 2 aromatic rings. The van der Waals surface area contributed by atoms with Crippen molar-refractivity contribution in [2.24, 2.45) is 5.10 Å². The number of benzene rings is 2. The normalized spacial score (nSPS) is 10.3. The van der Waals surface area contributed by atoms with Crippen molar-refractivity contribution in [1.82, 2.24) is 5.43 Å². The molecule has 2 rings (SSSR count). The highest BCUT2D eigenvalue weighted by Gasteiger charge is 2.13. The molecule has 0 heterocycles. The lowest BCUT2D eigenvalue weighted by Crippen LogP contribution is -2.32. The molecule has 2 amide bonds. The van der Waals surface area contributed by atoms with Gasteiger partial charge in [-0.1, -0.05) is 36.4 Å². The van der Waals surface area contributed by atoms with Crippen molar-refractivity contribution in [3.05, 3.63) is 65.7 Å². The standard InChI is InChI=1S/C16H13N3O4/c20-14(18-13-8-4-7-12(9-13)16(22)23)15(21)19-17-10-11-5-2-1-3-6-11/h1-10H,(H,18,20)(H,19,21)(H,22,23)/b17-10+.